The van der Waals surface area contributed by atoms with Crippen LogP contribution < -0.4 is 5.32 Å². The van der Waals surface area contributed by atoms with E-state index >= 15 is 0 Å². The quantitative estimate of drug-likeness (QED) is 0.515. The smallest absolute Gasteiger partial charge is 0.410 e. The van der Waals surface area contributed by atoms with Crippen LogP contribution in [0.4, 0.5) is 19.0 Å². The molecule has 0 bridgehead atoms. The lowest BCUT2D eigenvalue weighted by Gasteiger charge is -2.34. The van der Waals surface area contributed by atoms with Crippen LogP contribution in [-0.4, -0.2) is 57.8 Å². The second-order valence-corrected chi connectivity index (χ2v) is 9.31. The zero-order chi connectivity index (χ0) is 23.9. The van der Waals surface area contributed by atoms with E-state index in [9.17, 15) is 18.0 Å². The van der Waals surface area contributed by atoms with Gasteiger partial charge in [0.05, 0.1) is 16.8 Å². The lowest BCUT2D eigenvalue weighted by atomic mass is 10.0. The van der Waals surface area contributed by atoms with E-state index in [1.165, 1.54) is 11.8 Å². The summed E-state index contributed by atoms with van der Waals surface area (Å²) in [5.41, 5.74) is 1.18. The molecule has 5 rings (SSSR count). The number of alkyl halides is 3. The molecule has 7 nitrogen and oxygen atoms in total. The fourth-order valence-corrected chi connectivity index (χ4v) is 5.05. The van der Waals surface area contributed by atoms with E-state index in [1.807, 2.05) is 18.2 Å². The Balaban J connectivity index is 1.34. The Hall–Kier alpha value is -2.79. The van der Waals surface area contributed by atoms with Gasteiger partial charge in [0.2, 0.25) is 0 Å². The van der Waals surface area contributed by atoms with Crippen LogP contribution in [0, 0.1) is 0 Å². The fraction of sp³-hybridized carbons (Fsp3) is 0.391. The molecule has 1 fully saturated rings. The summed E-state index contributed by atoms with van der Waals surface area (Å²) >= 11 is 3.34. The number of benzene rings is 1. The molecule has 2 atom stereocenters. The van der Waals surface area contributed by atoms with Gasteiger partial charge < -0.3 is 14.6 Å². The number of hydrogen-bond acceptors (Lipinski definition) is 5. The maximum absolute atomic E-state index is 13.9. The van der Waals surface area contributed by atoms with Crippen LogP contribution in [0.2, 0.25) is 0 Å². The third kappa shape index (κ3) is 4.46. The maximum atomic E-state index is 13.9. The molecule has 1 saturated heterocycles. The number of amides is 1. The van der Waals surface area contributed by atoms with Crippen LogP contribution >= 0.6 is 15.9 Å². The first-order valence-corrected chi connectivity index (χ1v) is 11.8. The van der Waals surface area contributed by atoms with Gasteiger partial charge in [0, 0.05) is 39.1 Å². The second-order valence-electron chi connectivity index (χ2n) is 8.52. The number of furan rings is 1. The monoisotopic (exact) mass is 537 g/mol. The lowest BCUT2D eigenvalue weighted by Crippen LogP contribution is -2.48. The molecular formula is C23H23BrF3N5O2. The van der Waals surface area contributed by atoms with Gasteiger partial charge in [0.25, 0.3) is 5.91 Å². The van der Waals surface area contributed by atoms with Crippen molar-refractivity contribution in [1.29, 1.82) is 0 Å². The second kappa shape index (κ2) is 9.10. The Morgan fingerprint density at radius 3 is 2.50 bits per heavy atom. The van der Waals surface area contributed by atoms with Crippen LogP contribution in [-0.2, 0) is 6.54 Å². The highest BCUT2D eigenvalue weighted by atomic mass is 79.9. The molecule has 1 amide bonds. The number of nitrogens with one attached hydrogen (secondary N) is 1. The van der Waals surface area contributed by atoms with Gasteiger partial charge in [-0.05, 0) is 33.6 Å². The van der Waals surface area contributed by atoms with Crippen molar-refractivity contribution in [1.82, 2.24) is 19.6 Å². The minimum atomic E-state index is -4.53. The van der Waals surface area contributed by atoms with Gasteiger partial charge in [0.15, 0.2) is 11.7 Å². The van der Waals surface area contributed by atoms with Gasteiger partial charge in [-0.25, -0.2) is 4.68 Å². The van der Waals surface area contributed by atoms with Crippen molar-refractivity contribution in [3.63, 3.8) is 0 Å². The average Bonchev–Trinajstić information content (AvgIpc) is 3.47. The molecule has 1 aromatic carbocycles. The molecule has 1 N–H and O–H groups in total. The molecule has 0 saturated carbocycles. The van der Waals surface area contributed by atoms with Crippen LogP contribution in [0.5, 0.6) is 0 Å². The van der Waals surface area contributed by atoms with E-state index < -0.39 is 18.3 Å². The van der Waals surface area contributed by atoms with Gasteiger partial charge in [-0.2, -0.15) is 18.3 Å². The number of piperazine rings is 1. The van der Waals surface area contributed by atoms with Crippen molar-refractivity contribution in [2.75, 3.05) is 31.5 Å². The van der Waals surface area contributed by atoms with E-state index in [-0.39, 0.29) is 28.3 Å². The van der Waals surface area contributed by atoms with Gasteiger partial charge in [0.1, 0.15) is 11.6 Å². The minimum absolute atomic E-state index is 0.0200. The predicted molar refractivity (Wildman–Crippen MR) is 122 cm³/mol. The Kier molecular flexibility index (Phi) is 6.15. The Morgan fingerprint density at radius 2 is 1.85 bits per heavy atom. The van der Waals surface area contributed by atoms with Crippen LogP contribution in [0.1, 0.15) is 40.3 Å². The highest BCUT2D eigenvalue weighted by molar-refractivity contribution is 9.10. The normalized spacial score (nSPS) is 21.2. The Labute approximate surface area is 202 Å². The van der Waals surface area contributed by atoms with Gasteiger partial charge >= 0.3 is 6.18 Å². The highest BCUT2D eigenvalue weighted by Gasteiger charge is 2.48. The average molecular weight is 538 g/mol. The first-order chi connectivity index (χ1) is 16.3. The summed E-state index contributed by atoms with van der Waals surface area (Å²) in [4.78, 5) is 17.1. The molecule has 2 aliphatic rings. The first kappa shape index (κ1) is 23.0. The van der Waals surface area contributed by atoms with Crippen LogP contribution in [0.25, 0.3) is 0 Å². The number of fused-ring (bicyclic) bond motifs is 1. The number of carbonyl (C=O) groups is 1. The van der Waals surface area contributed by atoms with E-state index in [0.717, 1.165) is 11.2 Å². The number of halogens is 4. The molecule has 180 valence electrons. The molecule has 2 aromatic heterocycles. The zero-order valence-corrected chi connectivity index (χ0v) is 19.7. The largest absolute Gasteiger partial charge is 0.467 e. The fourth-order valence-electron chi connectivity index (χ4n) is 4.50. The molecule has 34 heavy (non-hydrogen) atoms. The van der Waals surface area contributed by atoms with Crippen molar-refractivity contribution < 1.29 is 22.4 Å². The van der Waals surface area contributed by atoms with E-state index in [0.29, 0.717) is 31.9 Å². The molecule has 2 aliphatic heterocycles. The molecule has 0 aliphatic carbocycles. The van der Waals surface area contributed by atoms with Crippen LogP contribution in [0.3, 0.4) is 0 Å². The first-order valence-electron chi connectivity index (χ1n) is 11.0. The third-order valence-corrected chi connectivity index (χ3v) is 7.04. The standard InChI is InChI=1S/C23H23BrF3N5O2/c24-19-20(22(33)31-10-8-30(9-11-31)14-15-5-2-1-3-6-15)29-32-18(23(25,26)27)13-16(28-21(19)32)17-7-4-12-34-17/h1-7,12,16,18,28H,8-11,13-14H2/t16-,18+/m1/s1. The molecule has 0 radical (unpaired) electrons. The summed E-state index contributed by atoms with van der Waals surface area (Å²) in [5, 5.41) is 7.19. The van der Waals surface area contributed by atoms with Crippen molar-refractivity contribution in [3.8, 4) is 0 Å². The number of hydrogen-bond donors (Lipinski definition) is 1. The topological polar surface area (TPSA) is 66.5 Å². The number of aromatic nitrogens is 2. The molecule has 4 heterocycles. The van der Waals surface area contributed by atoms with Gasteiger partial charge in [-0.3, -0.25) is 9.69 Å². The Bertz CT molecular complexity index is 1140. The molecular weight excluding hydrogens is 515 g/mol. The summed E-state index contributed by atoms with van der Waals surface area (Å²) in [6.45, 7) is 3.10. The van der Waals surface area contributed by atoms with Gasteiger partial charge in [-0.15, -0.1) is 0 Å². The van der Waals surface area contributed by atoms with Crippen molar-refractivity contribution in [2.45, 2.75) is 31.2 Å². The van der Waals surface area contributed by atoms with Crippen molar-refractivity contribution in [3.05, 3.63) is 70.2 Å². The summed E-state index contributed by atoms with van der Waals surface area (Å²) in [6, 6.07) is 10.8. The molecule has 0 spiro atoms. The van der Waals surface area contributed by atoms with Gasteiger partial charge in [-0.1, -0.05) is 30.3 Å². The summed E-state index contributed by atoms with van der Waals surface area (Å²) < 4.78 is 48.2. The lowest BCUT2D eigenvalue weighted by molar-refractivity contribution is -0.174. The third-order valence-electron chi connectivity index (χ3n) is 6.29. The van der Waals surface area contributed by atoms with Crippen LogP contribution in [0.15, 0.2) is 57.6 Å². The highest BCUT2D eigenvalue weighted by Crippen LogP contribution is 2.46. The van der Waals surface area contributed by atoms with Crippen molar-refractivity contribution >= 4 is 27.7 Å². The zero-order valence-electron chi connectivity index (χ0n) is 18.1. The molecule has 0 unspecified atom stereocenters. The Morgan fingerprint density at radius 1 is 1.12 bits per heavy atom. The molecule has 11 heteroatoms. The van der Waals surface area contributed by atoms with Crippen molar-refractivity contribution in [2.24, 2.45) is 0 Å². The van der Waals surface area contributed by atoms with E-state index in [2.05, 4.69) is 43.4 Å². The summed E-state index contributed by atoms with van der Waals surface area (Å²) in [6.07, 6.45) is -3.40. The number of rotatable bonds is 4. The van der Waals surface area contributed by atoms with E-state index in [4.69, 9.17) is 4.42 Å². The SMILES string of the molecule is O=C(c1nn2c(c1Br)N[C@@H](c1ccco1)C[C@H]2C(F)(F)F)N1CCN(Cc2ccccc2)CC1. The number of carbonyl (C=O) groups excluding carboxylic acids is 1. The maximum Gasteiger partial charge on any atom is 0.410 e. The summed E-state index contributed by atoms with van der Waals surface area (Å²) in [5.74, 6) is 0.141. The number of anilines is 1. The van der Waals surface area contributed by atoms with E-state index in [1.54, 1.807) is 17.0 Å². The predicted octanol–water partition coefficient (Wildman–Crippen LogP) is 4.86. The summed E-state index contributed by atoms with van der Waals surface area (Å²) in [7, 11) is 0. The number of nitrogens with zero attached hydrogens (tertiary/aromatic N) is 4. The molecule has 3 aromatic rings. The minimum Gasteiger partial charge on any atom is -0.467 e.